The van der Waals surface area contributed by atoms with E-state index in [4.69, 9.17) is 0 Å². The first-order chi connectivity index (χ1) is 5.77. The molecule has 0 spiro atoms. The fourth-order valence-electron chi connectivity index (χ4n) is 2.25. The average Bonchev–Trinajstić information content (AvgIpc) is 2.49. The van der Waals surface area contributed by atoms with E-state index >= 15 is 0 Å². The van der Waals surface area contributed by atoms with Crippen molar-refractivity contribution in [3.05, 3.63) is 0 Å². The molecule has 0 aromatic carbocycles. The Morgan fingerprint density at radius 2 is 2.25 bits per heavy atom. The van der Waals surface area contributed by atoms with Gasteiger partial charge in [0.15, 0.2) is 0 Å². The van der Waals surface area contributed by atoms with E-state index < -0.39 is 0 Å². The Kier molecular flexibility index (Phi) is 2.35. The van der Waals surface area contributed by atoms with E-state index in [1.54, 1.807) is 0 Å². The highest BCUT2D eigenvalue weighted by Gasteiger charge is 2.32. The van der Waals surface area contributed by atoms with Crippen LogP contribution < -0.4 is 10.7 Å². The number of piperidine rings is 1. The van der Waals surface area contributed by atoms with Crippen LogP contribution in [0, 0.1) is 11.8 Å². The third-order valence-corrected chi connectivity index (χ3v) is 3.21. The quantitative estimate of drug-likeness (QED) is 0.606. The topological polar surface area (TPSA) is 27.3 Å². The SMILES string of the molecule is CC(C)C1CCN2NCNC2C1. The van der Waals surface area contributed by atoms with Crippen LogP contribution in [0.1, 0.15) is 26.7 Å². The highest BCUT2D eigenvalue weighted by Crippen LogP contribution is 2.27. The third-order valence-electron chi connectivity index (χ3n) is 3.21. The lowest BCUT2D eigenvalue weighted by atomic mass is 9.86. The molecule has 3 heteroatoms. The summed E-state index contributed by atoms with van der Waals surface area (Å²) in [4.78, 5) is 0. The molecule has 2 saturated heterocycles. The van der Waals surface area contributed by atoms with Crippen LogP contribution in [0.2, 0.25) is 0 Å². The van der Waals surface area contributed by atoms with Gasteiger partial charge < -0.3 is 0 Å². The van der Waals surface area contributed by atoms with Crippen LogP contribution in [-0.2, 0) is 0 Å². The minimum atomic E-state index is 0.603. The van der Waals surface area contributed by atoms with Gasteiger partial charge in [0.05, 0.1) is 12.8 Å². The van der Waals surface area contributed by atoms with Crippen molar-refractivity contribution in [2.75, 3.05) is 13.2 Å². The number of nitrogens with one attached hydrogen (secondary N) is 2. The molecule has 2 unspecified atom stereocenters. The summed E-state index contributed by atoms with van der Waals surface area (Å²) in [6, 6.07) is 0. The molecule has 2 fully saturated rings. The molecule has 2 atom stereocenters. The van der Waals surface area contributed by atoms with Gasteiger partial charge in [0.25, 0.3) is 0 Å². The van der Waals surface area contributed by atoms with Crippen molar-refractivity contribution in [2.24, 2.45) is 11.8 Å². The smallest absolute Gasteiger partial charge is 0.0746 e. The van der Waals surface area contributed by atoms with Gasteiger partial charge in [0.1, 0.15) is 0 Å². The lowest BCUT2D eigenvalue weighted by Crippen LogP contribution is -2.46. The van der Waals surface area contributed by atoms with Crippen LogP contribution in [0.25, 0.3) is 0 Å². The van der Waals surface area contributed by atoms with E-state index in [0.717, 1.165) is 18.5 Å². The Labute approximate surface area is 74.5 Å². The number of hydrogen-bond acceptors (Lipinski definition) is 3. The van der Waals surface area contributed by atoms with Gasteiger partial charge in [0, 0.05) is 6.54 Å². The Hall–Kier alpha value is -0.120. The fraction of sp³-hybridized carbons (Fsp3) is 1.00. The van der Waals surface area contributed by atoms with Gasteiger partial charge in [-0.2, -0.15) is 0 Å². The van der Waals surface area contributed by atoms with Crippen molar-refractivity contribution in [1.29, 1.82) is 0 Å². The van der Waals surface area contributed by atoms with Crippen LogP contribution in [-0.4, -0.2) is 24.4 Å². The van der Waals surface area contributed by atoms with E-state index in [2.05, 4.69) is 29.6 Å². The van der Waals surface area contributed by atoms with Crippen LogP contribution in [0.15, 0.2) is 0 Å². The molecule has 2 rings (SSSR count). The summed E-state index contributed by atoms with van der Waals surface area (Å²) >= 11 is 0. The Bertz CT molecular complexity index is 158. The first-order valence-corrected chi connectivity index (χ1v) is 5.01. The summed E-state index contributed by atoms with van der Waals surface area (Å²) < 4.78 is 0. The zero-order valence-electron chi connectivity index (χ0n) is 8.01. The summed E-state index contributed by atoms with van der Waals surface area (Å²) in [6.07, 6.45) is 3.26. The standard InChI is InChI=1S/C9H19N3/c1-7(2)8-3-4-12-9(5-8)10-6-11-12/h7-11H,3-6H2,1-2H3. The molecule has 0 aliphatic carbocycles. The van der Waals surface area contributed by atoms with Gasteiger partial charge in [-0.25, -0.2) is 10.4 Å². The number of nitrogens with zero attached hydrogens (tertiary/aromatic N) is 1. The second-order valence-corrected chi connectivity index (χ2v) is 4.28. The molecule has 70 valence electrons. The van der Waals surface area contributed by atoms with Gasteiger partial charge >= 0.3 is 0 Å². The predicted molar refractivity (Wildman–Crippen MR) is 49.2 cm³/mol. The molecule has 0 bridgehead atoms. The molecule has 0 aromatic heterocycles. The first kappa shape index (κ1) is 8.48. The van der Waals surface area contributed by atoms with Crippen LogP contribution in [0.5, 0.6) is 0 Å². The van der Waals surface area contributed by atoms with E-state index in [1.165, 1.54) is 19.4 Å². The van der Waals surface area contributed by atoms with Crippen LogP contribution in [0.4, 0.5) is 0 Å². The monoisotopic (exact) mass is 169 g/mol. The van der Waals surface area contributed by atoms with Crippen molar-refractivity contribution in [2.45, 2.75) is 32.9 Å². The van der Waals surface area contributed by atoms with Gasteiger partial charge in [-0.05, 0) is 24.7 Å². The fourth-order valence-corrected chi connectivity index (χ4v) is 2.25. The van der Waals surface area contributed by atoms with Crippen molar-refractivity contribution in [3.63, 3.8) is 0 Å². The molecule has 2 heterocycles. The average molecular weight is 169 g/mol. The van der Waals surface area contributed by atoms with Gasteiger partial charge in [0.2, 0.25) is 0 Å². The first-order valence-electron chi connectivity index (χ1n) is 5.01. The van der Waals surface area contributed by atoms with Gasteiger partial charge in [-0.1, -0.05) is 13.8 Å². The summed E-state index contributed by atoms with van der Waals surface area (Å²) in [5, 5.41) is 5.80. The zero-order valence-corrected chi connectivity index (χ0v) is 8.01. The highest BCUT2D eigenvalue weighted by molar-refractivity contribution is 4.82. The van der Waals surface area contributed by atoms with E-state index in [-0.39, 0.29) is 0 Å². The van der Waals surface area contributed by atoms with E-state index in [1.807, 2.05) is 0 Å². The molecule has 0 saturated carbocycles. The van der Waals surface area contributed by atoms with Crippen molar-refractivity contribution < 1.29 is 0 Å². The normalized spacial score (nSPS) is 37.2. The molecular weight excluding hydrogens is 150 g/mol. The number of hydrazine groups is 1. The molecule has 2 aliphatic rings. The van der Waals surface area contributed by atoms with Crippen LogP contribution >= 0.6 is 0 Å². The number of rotatable bonds is 1. The molecule has 0 aromatic rings. The molecular formula is C9H19N3. The summed E-state index contributed by atoms with van der Waals surface area (Å²) in [6.45, 7) is 6.83. The van der Waals surface area contributed by atoms with Gasteiger partial charge in [-0.3, -0.25) is 5.32 Å². The van der Waals surface area contributed by atoms with Crippen molar-refractivity contribution in [3.8, 4) is 0 Å². The number of hydrogen-bond donors (Lipinski definition) is 2. The molecule has 0 amide bonds. The number of fused-ring (bicyclic) bond motifs is 1. The van der Waals surface area contributed by atoms with Gasteiger partial charge in [-0.15, -0.1) is 0 Å². The minimum absolute atomic E-state index is 0.603. The lowest BCUT2D eigenvalue weighted by Gasteiger charge is -2.35. The molecule has 2 aliphatic heterocycles. The van der Waals surface area contributed by atoms with Crippen LogP contribution in [0.3, 0.4) is 0 Å². The Morgan fingerprint density at radius 1 is 1.42 bits per heavy atom. The third kappa shape index (κ3) is 1.49. The van der Waals surface area contributed by atoms with Crippen molar-refractivity contribution in [1.82, 2.24) is 15.8 Å². The largest absolute Gasteiger partial charge is 0.287 e. The zero-order chi connectivity index (χ0) is 8.55. The second kappa shape index (κ2) is 3.32. The molecule has 3 nitrogen and oxygen atoms in total. The molecule has 12 heavy (non-hydrogen) atoms. The Morgan fingerprint density at radius 3 is 3.00 bits per heavy atom. The maximum atomic E-state index is 3.46. The molecule has 2 N–H and O–H groups in total. The second-order valence-electron chi connectivity index (χ2n) is 4.28. The summed E-state index contributed by atoms with van der Waals surface area (Å²) in [5.74, 6) is 1.76. The highest BCUT2D eigenvalue weighted by atomic mass is 15.6. The molecule has 0 radical (unpaired) electrons. The Balaban J connectivity index is 1.92. The maximum absolute atomic E-state index is 3.46. The van der Waals surface area contributed by atoms with Crippen molar-refractivity contribution >= 4 is 0 Å². The van der Waals surface area contributed by atoms with E-state index in [9.17, 15) is 0 Å². The predicted octanol–water partition coefficient (Wildman–Crippen LogP) is 0.746. The minimum Gasteiger partial charge on any atom is -0.287 e. The van der Waals surface area contributed by atoms with E-state index in [0.29, 0.717) is 6.17 Å². The maximum Gasteiger partial charge on any atom is 0.0746 e. The summed E-state index contributed by atoms with van der Waals surface area (Å²) in [5.41, 5.74) is 3.34. The summed E-state index contributed by atoms with van der Waals surface area (Å²) in [7, 11) is 0. The lowest BCUT2D eigenvalue weighted by molar-refractivity contribution is 0.0845.